The number of aryl methyl sites for hydroxylation is 13. The van der Waals surface area contributed by atoms with Crippen molar-refractivity contribution in [3.63, 3.8) is 0 Å². The molecular weight excluding hydrogens is 1110 g/mol. The minimum absolute atomic E-state index is 0. The predicted octanol–water partition coefficient (Wildman–Crippen LogP) is 19.3. The van der Waals surface area contributed by atoms with Crippen LogP contribution in [0.3, 0.4) is 0 Å². The van der Waals surface area contributed by atoms with Crippen molar-refractivity contribution in [2.45, 2.75) is 134 Å². The van der Waals surface area contributed by atoms with E-state index in [4.69, 9.17) is 30.6 Å². The van der Waals surface area contributed by atoms with E-state index in [1.54, 1.807) is 0 Å². The SMILES string of the molecule is Cc1cc(C)c(-c2cccc(CCCCCCNc3cccc(-c4c(C)cc(C)cc4C)n3)n2)c(C)c1.Cc1cc(C)c(-c2cccc([N-]CCCCC[N-]c3cccc(-c4c(C)cc(C)cc4C)n3)n2)c(C)c1.[CH3-].[CH3-].[Hf+4]. The van der Waals surface area contributed by atoms with E-state index in [2.05, 4.69) is 198 Å². The van der Waals surface area contributed by atoms with Gasteiger partial charge in [-0.05, 0) is 194 Å². The van der Waals surface area contributed by atoms with Gasteiger partial charge in [-0.15, -0.1) is 0 Å². The summed E-state index contributed by atoms with van der Waals surface area (Å²) in [6.07, 6.45) is 8.90. The van der Waals surface area contributed by atoms with Crippen LogP contribution in [0.1, 0.15) is 117 Å². The van der Waals surface area contributed by atoms with Crippen molar-refractivity contribution in [3.8, 4) is 45.0 Å². The largest absolute Gasteiger partial charge is 4.00 e. The molecule has 4 aromatic carbocycles. The summed E-state index contributed by atoms with van der Waals surface area (Å²) in [6, 6.07) is 42.8. The standard InChI is InChI=1S/C34H41N3.C33H38N4.2CH3.Hf/c1-23-19-25(3)33(26(4)20-23)30-15-11-14-29(36-30)13-9-7-8-10-18-35-32-17-12-16-31(37-32)34-27(5)21-24(2)22-28(34)6;1-22-18-24(3)32(25(4)19-22)28-12-10-14-30(36-28)34-16-8-7-9-17-35-31-15-11-13-29(37-31)33-26(5)20-23(2)21-27(33)6;;;/h11-12,14-17,19-22H,7-10,13,18H2,1-6H3,(H,35,37);10-15,18-21H,7-9,16-17H2,1-6H3;2*1H3;/q;-2;2*-1;+4. The summed E-state index contributed by atoms with van der Waals surface area (Å²) in [5, 5.41) is 13.0. The molecule has 400 valence electrons. The first-order valence-electron chi connectivity index (χ1n) is 26.9. The van der Waals surface area contributed by atoms with Gasteiger partial charge in [-0.1, -0.05) is 176 Å². The van der Waals surface area contributed by atoms with E-state index in [9.17, 15) is 0 Å². The van der Waals surface area contributed by atoms with Crippen LogP contribution >= 0.6 is 0 Å². The van der Waals surface area contributed by atoms with Gasteiger partial charge in [0.25, 0.3) is 0 Å². The number of hydrogen-bond donors (Lipinski definition) is 1. The van der Waals surface area contributed by atoms with Crippen molar-refractivity contribution < 1.29 is 25.8 Å². The molecule has 0 aliphatic rings. The molecule has 0 amide bonds. The van der Waals surface area contributed by atoms with Gasteiger partial charge in [0, 0.05) is 23.4 Å². The predicted molar refractivity (Wildman–Crippen MR) is 329 cm³/mol. The summed E-state index contributed by atoms with van der Waals surface area (Å²) < 4.78 is 0. The molecule has 8 heteroatoms. The Hall–Kier alpha value is -6.25. The van der Waals surface area contributed by atoms with E-state index >= 15 is 0 Å². The Morgan fingerprint density at radius 2 is 0.675 bits per heavy atom. The van der Waals surface area contributed by atoms with Crippen molar-refractivity contribution in [1.82, 2.24) is 19.9 Å². The summed E-state index contributed by atoms with van der Waals surface area (Å²) in [7, 11) is 0. The molecule has 8 aromatic rings. The quantitative estimate of drug-likeness (QED) is 0.0466. The summed E-state index contributed by atoms with van der Waals surface area (Å²) in [6.45, 7) is 28.4. The first kappa shape index (κ1) is 63.3. The second-order valence-corrected chi connectivity index (χ2v) is 20.7. The Bertz CT molecular complexity index is 2660. The topological polar surface area (TPSA) is 91.8 Å². The zero-order valence-electron chi connectivity index (χ0n) is 49.0. The first-order chi connectivity index (χ1) is 35.6. The molecule has 0 bridgehead atoms. The summed E-state index contributed by atoms with van der Waals surface area (Å²) in [5.41, 5.74) is 25.7. The zero-order valence-corrected chi connectivity index (χ0v) is 52.6. The molecule has 0 radical (unpaired) electrons. The second kappa shape index (κ2) is 30.6. The van der Waals surface area contributed by atoms with Gasteiger partial charge in [0.2, 0.25) is 0 Å². The van der Waals surface area contributed by atoms with E-state index < -0.39 is 0 Å². The maximum atomic E-state index is 5.00. The van der Waals surface area contributed by atoms with E-state index in [-0.39, 0.29) is 40.7 Å². The van der Waals surface area contributed by atoms with Crippen LogP contribution in [0.2, 0.25) is 0 Å². The van der Waals surface area contributed by atoms with Crippen molar-refractivity contribution in [3.05, 3.63) is 219 Å². The van der Waals surface area contributed by atoms with E-state index in [0.29, 0.717) is 0 Å². The molecule has 8 rings (SSSR count). The van der Waals surface area contributed by atoms with Crippen molar-refractivity contribution >= 4 is 17.5 Å². The molecule has 4 heterocycles. The number of anilines is 1. The number of aromatic nitrogens is 4. The molecule has 7 nitrogen and oxygen atoms in total. The Kier molecular flexibility index (Phi) is 25.2. The third-order valence-electron chi connectivity index (χ3n) is 13.8. The monoisotopic (exact) mass is 1190 g/mol. The van der Waals surface area contributed by atoms with E-state index in [1.807, 2.05) is 12.1 Å². The van der Waals surface area contributed by atoms with Crippen LogP contribution in [0.15, 0.2) is 121 Å². The van der Waals surface area contributed by atoms with Gasteiger partial charge >= 0.3 is 25.8 Å². The molecule has 0 saturated carbocycles. The number of unbranched alkanes of at least 4 members (excludes halogenated alkanes) is 5. The fourth-order valence-electron chi connectivity index (χ4n) is 10.9. The van der Waals surface area contributed by atoms with Gasteiger partial charge < -0.3 is 40.8 Å². The van der Waals surface area contributed by atoms with Gasteiger partial charge in [-0.2, -0.15) is 0 Å². The normalized spacial score (nSPS) is 10.6. The van der Waals surface area contributed by atoms with Crippen molar-refractivity contribution in [2.75, 3.05) is 25.0 Å². The van der Waals surface area contributed by atoms with Crippen LogP contribution in [0.5, 0.6) is 0 Å². The van der Waals surface area contributed by atoms with Gasteiger partial charge in [-0.25, -0.2) is 4.98 Å². The van der Waals surface area contributed by atoms with Gasteiger partial charge in [0.1, 0.15) is 5.82 Å². The maximum Gasteiger partial charge on any atom is 4.00 e. The molecule has 4 aromatic heterocycles. The van der Waals surface area contributed by atoms with Crippen LogP contribution in [0.4, 0.5) is 17.5 Å². The minimum Gasteiger partial charge on any atom is -0.466 e. The summed E-state index contributed by atoms with van der Waals surface area (Å²) >= 11 is 0. The molecule has 1 N–H and O–H groups in total. The van der Waals surface area contributed by atoms with Gasteiger partial charge in [0.05, 0.1) is 11.4 Å². The molecule has 0 saturated heterocycles. The summed E-state index contributed by atoms with van der Waals surface area (Å²) in [4.78, 5) is 19.5. The van der Waals surface area contributed by atoms with Gasteiger partial charge in [-0.3, -0.25) is 4.98 Å². The number of pyridine rings is 4. The minimum atomic E-state index is 0. The third kappa shape index (κ3) is 17.9. The second-order valence-electron chi connectivity index (χ2n) is 20.7. The van der Waals surface area contributed by atoms with Crippen LogP contribution in [-0.4, -0.2) is 39.6 Å². The Morgan fingerprint density at radius 1 is 0.351 bits per heavy atom. The molecule has 0 aliphatic heterocycles. The fourth-order valence-corrected chi connectivity index (χ4v) is 10.9. The molecule has 0 aliphatic carbocycles. The average Bonchev–Trinajstić information content (AvgIpc) is 3.33. The Morgan fingerprint density at radius 3 is 1.08 bits per heavy atom. The van der Waals surface area contributed by atoms with Crippen molar-refractivity contribution in [1.29, 1.82) is 0 Å². The van der Waals surface area contributed by atoms with Gasteiger partial charge in [0.15, 0.2) is 0 Å². The van der Waals surface area contributed by atoms with Crippen LogP contribution < -0.4 is 5.32 Å². The van der Waals surface area contributed by atoms with E-state index in [1.165, 1.54) is 114 Å². The van der Waals surface area contributed by atoms with E-state index in [0.717, 1.165) is 92.0 Å². The number of benzene rings is 4. The number of nitrogens with zero attached hydrogens (tertiary/aromatic N) is 6. The molecule has 0 atom stereocenters. The molecule has 77 heavy (non-hydrogen) atoms. The van der Waals surface area contributed by atoms with Crippen LogP contribution in [-0.2, 0) is 32.3 Å². The van der Waals surface area contributed by atoms with Crippen LogP contribution in [0.25, 0.3) is 55.7 Å². The smallest absolute Gasteiger partial charge is 0.466 e. The number of nitrogens with one attached hydrogen (secondary N) is 1. The van der Waals surface area contributed by atoms with Crippen molar-refractivity contribution in [2.24, 2.45) is 0 Å². The maximum absolute atomic E-state index is 5.00. The fraction of sp³-hybridized carbons (Fsp3) is 0.333. The molecule has 0 unspecified atom stereocenters. The Balaban J connectivity index is 0.000000320. The average molecular weight is 1190 g/mol. The Labute approximate surface area is 483 Å². The zero-order chi connectivity index (χ0) is 52.7. The number of hydrogen-bond acceptors (Lipinski definition) is 5. The first-order valence-corrected chi connectivity index (χ1v) is 26.9. The molecular formula is C69H85HfN7. The summed E-state index contributed by atoms with van der Waals surface area (Å²) in [5.74, 6) is 2.58. The number of rotatable bonds is 20. The van der Waals surface area contributed by atoms with Crippen LogP contribution in [0, 0.1) is 97.9 Å². The molecule has 0 spiro atoms. The molecule has 0 fully saturated rings. The third-order valence-corrected chi connectivity index (χ3v) is 13.8.